The maximum absolute atomic E-state index is 14.1. The second-order valence-electron chi connectivity index (χ2n) is 10.3. The molecule has 1 aliphatic carbocycles. The summed E-state index contributed by atoms with van der Waals surface area (Å²) in [6, 6.07) is 6.71. The van der Waals surface area contributed by atoms with E-state index in [0.717, 1.165) is 42.2 Å². The van der Waals surface area contributed by atoms with Gasteiger partial charge in [-0.05, 0) is 75.2 Å². The van der Waals surface area contributed by atoms with Crippen molar-refractivity contribution >= 4 is 38.5 Å². The van der Waals surface area contributed by atoms with Crippen molar-refractivity contribution in [1.82, 2.24) is 19.4 Å². The molecule has 39 heavy (non-hydrogen) atoms. The summed E-state index contributed by atoms with van der Waals surface area (Å²) >= 11 is 1.81. The summed E-state index contributed by atoms with van der Waals surface area (Å²) in [7, 11) is -3.77. The summed E-state index contributed by atoms with van der Waals surface area (Å²) in [6.07, 6.45) is 4.41. The number of nitrogens with zero attached hydrogens (tertiary/aromatic N) is 3. The molecule has 0 bridgehead atoms. The van der Waals surface area contributed by atoms with Crippen LogP contribution in [0.1, 0.15) is 56.2 Å². The van der Waals surface area contributed by atoms with Crippen molar-refractivity contribution in [3.63, 3.8) is 0 Å². The molecule has 9 nitrogen and oxygen atoms in total. The van der Waals surface area contributed by atoms with E-state index < -0.39 is 44.6 Å². The summed E-state index contributed by atoms with van der Waals surface area (Å²) in [5.74, 6) is -0.0842. The lowest BCUT2D eigenvalue weighted by atomic mass is 9.91. The number of carbonyl (C=O) groups is 1. The van der Waals surface area contributed by atoms with Crippen LogP contribution in [0.4, 0.5) is 4.39 Å². The van der Waals surface area contributed by atoms with Crippen molar-refractivity contribution in [2.24, 2.45) is 0 Å². The molecule has 208 valence electrons. The number of nitrogens with one attached hydrogen (secondary N) is 1. The molecule has 2 aromatic heterocycles. The molecule has 1 saturated carbocycles. The van der Waals surface area contributed by atoms with Gasteiger partial charge in [-0.1, -0.05) is 17.7 Å². The average molecular weight is 575 g/mol. The van der Waals surface area contributed by atoms with Crippen LogP contribution in [0.2, 0.25) is 0 Å². The van der Waals surface area contributed by atoms with Gasteiger partial charge in [0.25, 0.3) is 5.56 Å². The molecule has 2 aliphatic rings. The van der Waals surface area contributed by atoms with E-state index in [9.17, 15) is 27.2 Å². The number of fused-ring (bicyclic) bond motifs is 1. The Morgan fingerprint density at radius 3 is 2.33 bits per heavy atom. The number of rotatable bonds is 6. The van der Waals surface area contributed by atoms with Crippen molar-refractivity contribution in [1.29, 1.82) is 0 Å². The van der Waals surface area contributed by atoms with Crippen LogP contribution in [0.25, 0.3) is 11.0 Å². The van der Waals surface area contributed by atoms with Crippen LogP contribution in [-0.2, 0) is 14.6 Å². The highest BCUT2D eigenvalue weighted by Crippen LogP contribution is 2.30. The van der Waals surface area contributed by atoms with Crippen LogP contribution in [-0.4, -0.2) is 51.7 Å². The molecule has 5 rings (SSSR count). The second-order valence-corrected chi connectivity index (χ2v) is 13.6. The summed E-state index contributed by atoms with van der Waals surface area (Å²) in [5, 5.41) is 2.89. The lowest BCUT2D eigenvalue weighted by Crippen LogP contribution is -2.47. The first-order valence-electron chi connectivity index (χ1n) is 13.1. The zero-order valence-corrected chi connectivity index (χ0v) is 23.3. The second kappa shape index (κ2) is 11.2. The number of pyridine rings is 1. The Morgan fingerprint density at radius 1 is 1.03 bits per heavy atom. The van der Waals surface area contributed by atoms with E-state index in [1.165, 1.54) is 16.7 Å². The number of thioether (sulfide) groups is 1. The fraction of sp³-hybridized carbons (Fsp3) is 0.481. The predicted molar refractivity (Wildman–Crippen MR) is 148 cm³/mol. The number of aryl methyl sites for hydroxylation is 1. The van der Waals surface area contributed by atoms with Crippen molar-refractivity contribution in [2.75, 3.05) is 17.3 Å². The third kappa shape index (κ3) is 5.81. The van der Waals surface area contributed by atoms with E-state index in [4.69, 9.17) is 0 Å². The number of aromatic nitrogens is 3. The van der Waals surface area contributed by atoms with Gasteiger partial charge in [0, 0.05) is 18.1 Å². The minimum Gasteiger partial charge on any atom is -0.352 e. The number of hydrogen-bond donors (Lipinski definition) is 1. The topological polar surface area (TPSA) is 120 Å². The predicted octanol–water partition coefficient (Wildman–Crippen LogP) is 3.15. The minimum atomic E-state index is -3.77. The number of hydrogen-bond acceptors (Lipinski definition) is 7. The number of sulfone groups is 1. The monoisotopic (exact) mass is 574 g/mol. The van der Waals surface area contributed by atoms with Crippen LogP contribution in [0.5, 0.6) is 0 Å². The van der Waals surface area contributed by atoms with Crippen LogP contribution in [0, 0.1) is 12.7 Å². The van der Waals surface area contributed by atoms with E-state index in [2.05, 4.69) is 10.3 Å². The summed E-state index contributed by atoms with van der Waals surface area (Å²) in [4.78, 5) is 43.9. The lowest BCUT2D eigenvalue weighted by molar-refractivity contribution is -0.119. The molecule has 12 heteroatoms. The third-order valence-corrected chi connectivity index (χ3v) is 10.3. The van der Waals surface area contributed by atoms with E-state index in [1.807, 2.05) is 18.7 Å². The molecule has 1 aromatic carbocycles. The number of benzene rings is 1. The Kier molecular flexibility index (Phi) is 7.95. The molecule has 1 amide bonds. The smallest absolute Gasteiger partial charge is 0.333 e. The SMILES string of the molecule is Cc1ccc(S(=O)(=O)CC(=O)NC2CCC(n3c(=O)c4cc(F)cnc4n(C4CCSCC4)c3=O)CC2)cc1. The summed E-state index contributed by atoms with van der Waals surface area (Å²) < 4.78 is 42.2. The van der Waals surface area contributed by atoms with Gasteiger partial charge in [0.2, 0.25) is 5.91 Å². The van der Waals surface area contributed by atoms with Crippen molar-refractivity contribution in [2.45, 2.75) is 68.5 Å². The van der Waals surface area contributed by atoms with Crippen molar-refractivity contribution in [3.8, 4) is 0 Å². The highest BCUT2D eigenvalue weighted by atomic mass is 32.2. The first kappa shape index (κ1) is 27.6. The first-order chi connectivity index (χ1) is 18.6. The Bertz CT molecular complexity index is 1600. The maximum atomic E-state index is 14.1. The zero-order valence-electron chi connectivity index (χ0n) is 21.6. The molecular formula is C27H31FN4O5S2. The number of halogens is 1. The highest BCUT2D eigenvalue weighted by Gasteiger charge is 2.30. The molecule has 0 radical (unpaired) electrons. The average Bonchev–Trinajstić information content (AvgIpc) is 2.91. The van der Waals surface area contributed by atoms with E-state index in [0.29, 0.717) is 25.7 Å². The molecule has 1 N–H and O–H groups in total. The lowest BCUT2D eigenvalue weighted by Gasteiger charge is -2.31. The molecule has 3 aromatic rings. The molecule has 1 saturated heterocycles. The van der Waals surface area contributed by atoms with Crippen LogP contribution >= 0.6 is 11.8 Å². The normalized spacial score (nSPS) is 20.7. The van der Waals surface area contributed by atoms with Gasteiger partial charge >= 0.3 is 5.69 Å². The quantitative estimate of drug-likeness (QED) is 0.480. The largest absolute Gasteiger partial charge is 0.352 e. The minimum absolute atomic E-state index is 0.0876. The fourth-order valence-corrected chi connectivity index (χ4v) is 7.78. The fourth-order valence-electron chi connectivity index (χ4n) is 5.55. The Morgan fingerprint density at radius 2 is 1.67 bits per heavy atom. The standard InChI is InChI=1S/C27H31FN4O5S2/c1-17-2-8-22(9-3-17)39(36,37)16-24(33)30-19-4-6-20(7-5-19)32-26(34)23-14-18(28)15-29-25(23)31(27(32)35)21-10-12-38-13-11-21/h2-3,8-9,14-15,19-21H,4-7,10-13,16H2,1H3,(H,30,33). The van der Waals surface area contributed by atoms with Crippen LogP contribution < -0.4 is 16.6 Å². The van der Waals surface area contributed by atoms with Crippen LogP contribution in [0.3, 0.4) is 0 Å². The summed E-state index contributed by atoms with van der Waals surface area (Å²) in [5.41, 5.74) is 0.155. The van der Waals surface area contributed by atoms with E-state index in [1.54, 1.807) is 16.7 Å². The van der Waals surface area contributed by atoms with Gasteiger partial charge in [0.1, 0.15) is 17.2 Å². The molecule has 0 spiro atoms. The van der Waals surface area contributed by atoms with Gasteiger partial charge in [-0.3, -0.25) is 18.7 Å². The van der Waals surface area contributed by atoms with Crippen LogP contribution in [0.15, 0.2) is 51.0 Å². The first-order valence-corrected chi connectivity index (χ1v) is 15.9. The summed E-state index contributed by atoms with van der Waals surface area (Å²) in [6.45, 7) is 1.85. The van der Waals surface area contributed by atoms with Gasteiger partial charge in [-0.15, -0.1) is 0 Å². The molecule has 3 heterocycles. The maximum Gasteiger partial charge on any atom is 0.333 e. The van der Waals surface area contributed by atoms with Crippen molar-refractivity contribution in [3.05, 3.63) is 68.7 Å². The molecule has 1 aliphatic heterocycles. The Hall–Kier alpha value is -2.99. The van der Waals surface area contributed by atoms with E-state index in [-0.39, 0.29) is 28.0 Å². The van der Waals surface area contributed by atoms with E-state index >= 15 is 0 Å². The van der Waals surface area contributed by atoms with Gasteiger partial charge < -0.3 is 5.32 Å². The zero-order chi connectivity index (χ0) is 27.7. The molecule has 0 unspecified atom stereocenters. The third-order valence-electron chi connectivity index (χ3n) is 7.61. The Balaban J connectivity index is 1.33. The van der Waals surface area contributed by atoms with Gasteiger partial charge in [0.15, 0.2) is 9.84 Å². The Labute approximate surface area is 229 Å². The van der Waals surface area contributed by atoms with Gasteiger partial charge in [-0.2, -0.15) is 11.8 Å². The number of carbonyl (C=O) groups excluding carboxylic acids is 1. The highest BCUT2D eigenvalue weighted by molar-refractivity contribution is 7.99. The van der Waals surface area contributed by atoms with Crippen molar-refractivity contribution < 1.29 is 17.6 Å². The molecule has 0 atom stereocenters. The molecule has 2 fully saturated rings. The van der Waals surface area contributed by atoms with Gasteiger partial charge in [-0.25, -0.2) is 22.6 Å². The van der Waals surface area contributed by atoms with Gasteiger partial charge in [0.05, 0.1) is 16.5 Å². The molecular weight excluding hydrogens is 543 g/mol. The number of amides is 1.